The van der Waals surface area contributed by atoms with Gasteiger partial charge in [0.25, 0.3) is 11.8 Å². The molecule has 2 N–H and O–H groups in total. The average molecular weight is 355 g/mol. The SMILES string of the molecule is C/C(=N/NC(=O)c1cc2c(s1)CCC2)c1ccc2c(c1)NC(=O)CO2. The predicted octanol–water partition coefficient (Wildman–Crippen LogP) is 2.72. The number of rotatable bonds is 3. The maximum absolute atomic E-state index is 12.3. The number of fused-ring (bicyclic) bond motifs is 2. The lowest BCUT2D eigenvalue weighted by Gasteiger charge is -2.18. The number of anilines is 1. The average Bonchev–Trinajstić information content (AvgIpc) is 3.20. The minimum atomic E-state index is -0.187. The fourth-order valence-corrected chi connectivity index (χ4v) is 4.15. The predicted molar refractivity (Wildman–Crippen MR) is 96.6 cm³/mol. The molecule has 4 rings (SSSR count). The van der Waals surface area contributed by atoms with E-state index in [2.05, 4.69) is 15.8 Å². The summed E-state index contributed by atoms with van der Waals surface area (Å²) in [5, 5.41) is 6.95. The topological polar surface area (TPSA) is 79.8 Å². The first-order valence-electron chi connectivity index (χ1n) is 8.13. The van der Waals surface area contributed by atoms with Crippen LogP contribution in [0.5, 0.6) is 5.75 Å². The Balaban J connectivity index is 1.48. The summed E-state index contributed by atoms with van der Waals surface area (Å²) in [6.07, 6.45) is 3.31. The fraction of sp³-hybridized carbons (Fsp3) is 0.278. The molecule has 2 aliphatic rings. The Morgan fingerprint density at radius 2 is 2.20 bits per heavy atom. The summed E-state index contributed by atoms with van der Waals surface area (Å²) in [6, 6.07) is 7.39. The molecular formula is C18H17N3O3S. The van der Waals surface area contributed by atoms with Crippen LogP contribution < -0.4 is 15.5 Å². The van der Waals surface area contributed by atoms with Crippen molar-refractivity contribution in [3.63, 3.8) is 0 Å². The van der Waals surface area contributed by atoms with E-state index in [0.29, 0.717) is 22.0 Å². The number of benzene rings is 1. The minimum Gasteiger partial charge on any atom is -0.482 e. The van der Waals surface area contributed by atoms with Crippen LogP contribution in [0.2, 0.25) is 0 Å². The second-order valence-electron chi connectivity index (χ2n) is 6.10. The number of aryl methyl sites for hydroxylation is 2. The molecule has 1 aromatic carbocycles. The molecule has 0 spiro atoms. The van der Waals surface area contributed by atoms with Crippen molar-refractivity contribution in [1.82, 2.24) is 5.43 Å². The number of hydrazone groups is 1. The lowest BCUT2D eigenvalue weighted by atomic mass is 10.1. The van der Waals surface area contributed by atoms with Crippen molar-refractivity contribution in [2.45, 2.75) is 26.2 Å². The molecule has 1 aliphatic carbocycles. The third-order valence-electron chi connectivity index (χ3n) is 4.33. The molecule has 0 radical (unpaired) electrons. The molecule has 0 unspecified atom stereocenters. The maximum Gasteiger partial charge on any atom is 0.281 e. The Morgan fingerprint density at radius 3 is 3.04 bits per heavy atom. The van der Waals surface area contributed by atoms with Crippen molar-refractivity contribution in [3.8, 4) is 5.75 Å². The van der Waals surface area contributed by atoms with Gasteiger partial charge in [0, 0.05) is 4.88 Å². The normalized spacial score (nSPS) is 15.9. The van der Waals surface area contributed by atoms with Crippen LogP contribution in [0.3, 0.4) is 0 Å². The standard InChI is InChI=1S/C18H17N3O3S/c1-10(11-5-6-14-13(7-11)19-17(22)9-24-14)20-21-18(23)16-8-12-3-2-4-15(12)25-16/h5-8H,2-4,9H2,1H3,(H,19,22)(H,21,23)/b20-10-. The Bertz CT molecular complexity index is 879. The van der Waals surface area contributed by atoms with Crippen LogP contribution in [0, 0.1) is 0 Å². The molecule has 2 heterocycles. The zero-order chi connectivity index (χ0) is 17.4. The van der Waals surface area contributed by atoms with E-state index in [1.54, 1.807) is 23.5 Å². The Kier molecular flexibility index (Phi) is 4.01. The molecule has 25 heavy (non-hydrogen) atoms. The van der Waals surface area contributed by atoms with E-state index in [1.165, 1.54) is 16.9 Å². The first-order chi connectivity index (χ1) is 12.1. The molecule has 1 aliphatic heterocycles. The molecule has 0 fully saturated rings. The number of amides is 2. The molecule has 0 saturated carbocycles. The number of nitrogens with one attached hydrogen (secondary N) is 2. The Morgan fingerprint density at radius 1 is 1.32 bits per heavy atom. The molecule has 0 bridgehead atoms. The summed E-state index contributed by atoms with van der Waals surface area (Å²) in [7, 11) is 0. The van der Waals surface area contributed by atoms with Gasteiger partial charge >= 0.3 is 0 Å². The van der Waals surface area contributed by atoms with Gasteiger partial charge in [-0.15, -0.1) is 11.3 Å². The highest BCUT2D eigenvalue weighted by molar-refractivity contribution is 7.14. The molecule has 2 aromatic rings. The van der Waals surface area contributed by atoms with Crippen molar-refractivity contribution in [2.24, 2.45) is 5.10 Å². The van der Waals surface area contributed by atoms with Crippen molar-refractivity contribution in [3.05, 3.63) is 45.1 Å². The van der Waals surface area contributed by atoms with Gasteiger partial charge in [0.1, 0.15) is 5.75 Å². The first kappa shape index (κ1) is 15.8. The highest BCUT2D eigenvalue weighted by atomic mass is 32.1. The van der Waals surface area contributed by atoms with Gasteiger partial charge in [0.2, 0.25) is 0 Å². The van der Waals surface area contributed by atoms with E-state index in [9.17, 15) is 9.59 Å². The number of carbonyl (C=O) groups excluding carboxylic acids is 2. The Hall–Kier alpha value is -2.67. The van der Waals surface area contributed by atoms with Crippen molar-refractivity contribution < 1.29 is 14.3 Å². The highest BCUT2D eigenvalue weighted by Crippen LogP contribution is 2.31. The minimum absolute atomic E-state index is 0.0280. The van der Waals surface area contributed by atoms with E-state index in [1.807, 2.05) is 19.1 Å². The third kappa shape index (κ3) is 3.15. The fourth-order valence-electron chi connectivity index (χ4n) is 3.00. The van der Waals surface area contributed by atoms with Gasteiger partial charge in [-0.2, -0.15) is 5.10 Å². The van der Waals surface area contributed by atoms with Crippen LogP contribution in [-0.2, 0) is 17.6 Å². The monoisotopic (exact) mass is 355 g/mol. The summed E-state index contributed by atoms with van der Waals surface area (Å²) in [4.78, 5) is 25.7. The summed E-state index contributed by atoms with van der Waals surface area (Å²) >= 11 is 1.55. The number of nitrogens with zero attached hydrogens (tertiary/aromatic N) is 1. The van der Waals surface area contributed by atoms with E-state index < -0.39 is 0 Å². The number of hydrogen-bond donors (Lipinski definition) is 2. The second kappa shape index (κ2) is 6.33. The van der Waals surface area contributed by atoms with Gasteiger partial charge < -0.3 is 10.1 Å². The molecule has 0 atom stereocenters. The van der Waals surface area contributed by atoms with E-state index in [4.69, 9.17) is 4.74 Å². The van der Waals surface area contributed by atoms with E-state index in [-0.39, 0.29) is 18.4 Å². The van der Waals surface area contributed by atoms with Crippen molar-refractivity contribution in [1.29, 1.82) is 0 Å². The largest absolute Gasteiger partial charge is 0.482 e. The molecule has 6 nitrogen and oxygen atoms in total. The van der Waals surface area contributed by atoms with Crippen LogP contribution in [0.15, 0.2) is 29.4 Å². The lowest BCUT2D eigenvalue weighted by Crippen LogP contribution is -2.25. The summed E-state index contributed by atoms with van der Waals surface area (Å²) < 4.78 is 5.34. The van der Waals surface area contributed by atoms with Gasteiger partial charge in [-0.05, 0) is 61.6 Å². The number of thiophene rings is 1. The first-order valence-corrected chi connectivity index (χ1v) is 8.95. The highest BCUT2D eigenvalue weighted by Gasteiger charge is 2.19. The van der Waals surface area contributed by atoms with Crippen molar-refractivity contribution >= 4 is 34.6 Å². The quantitative estimate of drug-likeness (QED) is 0.656. The smallest absolute Gasteiger partial charge is 0.281 e. The summed E-state index contributed by atoms with van der Waals surface area (Å²) in [5.74, 6) is 0.264. The third-order valence-corrected chi connectivity index (χ3v) is 5.56. The zero-order valence-corrected chi connectivity index (χ0v) is 14.5. The van der Waals surface area contributed by atoms with Gasteiger partial charge in [-0.3, -0.25) is 9.59 Å². The van der Waals surface area contributed by atoms with Gasteiger partial charge in [-0.25, -0.2) is 5.43 Å². The molecule has 1 aromatic heterocycles. The lowest BCUT2D eigenvalue weighted by molar-refractivity contribution is -0.118. The van der Waals surface area contributed by atoms with Crippen LogP contribution in [-0.4, -0.2) is 24.1 Å². The van der Waals surface area contributed by atoms with Gasteiger partial charge in [0.05, 0.1) is 16.3 Å². The number of hydrogen-bond acceptors (Lipinski definition) is 5. The van der Waals surface area contributed by atoms with E-state index >= 15 is 0 Å². The number of carbonyl (C=O) groups is 2. The molecular weight excluding hydrogens is 338 g/mol. The van der Waals surface area contributed by atoms with Crippen molar-refractivity contribution in [2.75, 3.05) is 11.9 Å². The molecule has 7 heteroatoms. The molecule has 0 saturated heterocycles. The maximum atomic E-state index is 12.3. The Labute approximate surface area is 148 Å². The summed E-state index contributed by atoms with van der Waals surface area (Å²) in [5.41, 5.74) is 5.98. The summed E-state index contributed by atoms with van der Waals surface area (Å²) in [6.45, 7) is 1.84. The van der Waals surface area contributed by atoms with Crippen LogP contribution in [0.1, 0.15) is 39.0 Å². The van der Waals surface area contributed by atoms with Crippen LogP contribution >= 0.6 is 11.3 Å². The molecule has 128 valence electrons. The number of ether oxygens (including phenoxy) is 1. The van der Waals surface area contributed by atoms with Gasteiger partial charge in [0.15, 0.2) is 6.61 Å². The van der Waals surface area contributed by atoms with Crippen LogP contribution in [0.4, 0.5) is 5.69 Å². The van der Waals surface area contributed by atoms with E-state index in [0.717, 1.165) is 18.4 Å². The zero-order valence-electron chi connectivity index (χ0n) is 13.7. The van der Waals surface area contributed by atoms with Gasteiger partial charge in [-0.1, -0.05) is 0 Å². The van der Waals surface area contributed by atoms with Crippen LogP contribution in [0.25, 0.3) is 0 Å². The second-order valence-corrected chi connectivity index (χ2v) is 7.24. The molecule has 2 amide bonds.